The zero-order valence-electron chi connectivity index (χ0n) is 19.0. The van der Waals surface area contributed by atoms with Crippen LogP contribution in [0.2, 0.25) is 0 Å². The van der Waals surface area contributed by atoms with Crippen molar-refractivity contribution < 1.29 is 18.7 Å². The molecule has 3 aromatic carbocycles. The minimum absolute atomic E-state index is 0.0246. The summed E-state index contributed by atoms with van der Waals surface area (Å²) < 4.78 is 26.7. The first-order valence-electron chi connectivity index (χ1n) is 11.4. The number of hydrogen-bond acceptors (Lipinski definition) is 4. The second-order valence-corrected chi connectivity index (χ2v) is 8.37. The summed E-state index contributed by atoms with van der Waals surface area (Å²) in [6, 6.07) is 21.7. The van der Waals surface area contributed by atoms with Gasteiger partial charge < -0.3 is 18.9 Å². The molecule has 34 heavy (non-hydrogen) atoms. The molecule has 4 aromatic rings. The first-order valence-corrected chi connectivity index (χ1v) is 11.4. The number of anilines is 1. The molecule has 1 aliphatic rings. The molecule has 1 saturated heterocycles. The summed E-state index contributed by atoms with van der Waals surface area (Å²) >= 11 is 0. The van der Waals surface area contributed by atoms with Crippen LogP contribution in [0.5, 0.6) is 11.5 Å². The van der Waals surface area contributed by atoms with Crippen molar-refractivity contribution in [2.75, 3.05) is 25.2 Å². The van der Waals surface area contributed by atoms with Gasteiger partial charge in [-0.25, -0.2) is 9.37 Å². The van der Waals surface area contributed by atoms with Crippen LogP contribution in [0.3, 0.4) is 0 Å². The Morgan fingerprint density at radius 3 is 2.65 bits per heavy atom. The number of nitrogens with zero attached hydrogens (tertiary/aromatic N) is 3. The average molecular weight is 460 g/mol. The van der Waals surface area contributed by atoms with E-state index >= 15 is 0 Å². The monoisotopic (exact) mass is 459 g/mol. The molecule has 5 rings (SSSR count). The van der Waals surface area contributed by atoms with Crippen molar-refractivity contribution in [3.63, 3.8) is 0 Å². The number of fused-ring (bicyclic) bond motifs is 1. The van der Waals surface area contributed by atoms with Crippen LogP contribution in [-0.2, 0) is 11.3 Å². The highest BCUT2D eigenvalue weighted by atomic mass is 19.1. The van der Waals surface area contributed by atoms with Gasteiger partial charge in [0.25, 0.3) is 0 Å². The maximum absolute atomic E-state index is 13.3. The van der Waals surface area contributed by atoms with E-state index < -0.39 is 0 Å². The topological polar surface area (TPSA) is 56.6 Å². The summed E-state index contributed by atoms with van der Waals surface area (Å²) in [4.78, 5) is 19.4. The number of amides is 1. The molecule has 1 amide bonds. The Kier molecular flexibility index (Phi) is 6.16. The van der Waals surface area contributed by atoms with Crippen molar-refractivity contribution in [1.29, 1.82) is 0 Å². The number of aryl methyl sites for hydroxylation is 1. The van der Waals surface area contributed by atoms with Crippen molar-refractivity contribution in [3.05, 3.63) is 84.4 Å². The van der Waals surface area contributed by atoms with Crippen molar-refractivity contribution in [3.8, 4) is 11.5 Å². The molecular weight excluding hydrogens is 433 g/mol. The van der Waals surface area contributed by atoms with Crippen LogP contribution >= 0.6 is 0 Å². The summed E-state index contributed by atoms with van der Waals surface area (Å²) in [5, 5.41) is 0. The first kappa shape index (κ1) is 21.9. The molecule has 0 N–H and O–H groups in total. The van der Waals surface area contributed by atoms with Gasteiger partial charge in [-0.05, 0) is 55.0 Å². The van der Waals surface area contributed by atoms with Crippen LogP contribution in [0.25, 0.3) is 11.0 Å². The minimum atomic E-state index is -0.315. The highest BCUT2D eigenvalue weighted by Crippen LogP contribution is 2.33. The van der Waals surface area contributed by atoms with E-state index in [4.69, 9.17) is 14.5 Å². The molecule has 0 bridgehead atoms. The SMILES string of the molecule is COc1cccc(OCCCn2c(C3CC(=O)N(c4ccc(F)cc4)C3)nc3ccccc32)c1. The summed E-state index contributed by atoms with van der Waals surface area (Å²) in [6.45, 7) is 1.79. The highest BCUT2D eigenvalue weighted by Gasteiger charge is 2.34. The molecule has 2 heterocycles. The standard InChI is InChI=1S/C27H26FN3O3/c1-33-22-6-4-7-23(17-22)34-15-5-14-30-25-9-3-2-8-24(25)29-27(30)19-16-26(32)31(18-19)21-12-10-20(28)11-13-21/h2-4,6-13,17,19H,5,14-16,18H2,1H3. The number of methoxy groups -OCH3 is 1. The van der Waals surface area contributed by atoms with E-state index in [1.807, 2.05) is 42.5 Å². The number of hydrogen-bond donors (Lipinski definition) is 0. The van der Waals surface area contributed by atoms with Crippen LogP contribution in [0, 0.1) is 5.82 Å². The molecule has 1 unspecified atom stereocenters. The van der Waals surface area contributed by atoms with Crippen LogP contribution in [0.1, 0.15) is 24.6 Å². The number of imidazole rings is 1. The number of carbonyl (C=O) groups excluding carboxylic acids is 1. The maximum Gasteiger partial charge on any atom is 0.227 e. The van der Waals surface area contributed by atoms with E-state index in [0.717, 1.165) is 41.3 Å². The zero-order chi connectivity index (χ0) is 23.5. The van der Waals surface area contributed by atoms with Gasteiger partial charge in [0, 0.05) is 37.2 Å². The van der Waals surface area contributed by atoms with Gasteiger partial charge in [0.05, 0.1) is 24.8 Å². The second-order valence-electron chi connectivity index (χ2n) is 8.37. The molecule has 174 valence electrons. The fourth-order valence-electron chi connectivity index (χ4n) is 4.50. The Labute approximate surface area is 197 Å². The van der Waals surface area contributed by atoms with Gasteiger partial charge in [-0.15, -0.1) is 0 Å². The van der Waals surface area contributed by atoms with E-state index in [1.54, 1.807) is 24.1 Å². The zero-order valence-corrected chi connectivity index (χ0v) is 19.0. The molecule has 1 fully saturated rings. The van der Waals surface area contributed by atoms with Crippen molar-refractivity contribution in [2.45, 2.75) is 25.3 Å². The number of benzene rings is 3. The first-order chi connectivity index (χ1) is 16.6. The number of ether oxygens (including phenoxy) is 2. The summed E-state index contributed by atoms with van der Waals surface area (Å²) in [5.74, 6) is 2.11. The lowest BCUT2D eigenvalue weighted by atomic mass is 10.1. The molecule has 1 aromatic heterocycles. The Hall–Kier alpha value is -3.87. The quantitative estimate of drug-likeness (QED) is 0.341. The van der Waals surface area contributed by atoms with Crippen LogP contribution in [0.15, 0.2) is 72.8 Å². The van der Waals surface area contributed by atoms with Gasteiger partial charge in [0.15, 0.2) is 0 Å². The van der Waals surface area contributed by atoms with Gasteiger partial charge >= 0.3 is 0 Å². The number of carbonyl (C=O) groups is 1. The van der Waals surface area contributed by atoms with Gasteiger partial charge in [-0.2, -0.15) is 0 Å². The predicted octanol–water partition coefficient (Wildman–Crippen LogP) is 5.17. The second kappa shape index (κ2) is 9.55. The fourth-order valence-corrected chi connectivity index (χ4v) is 4.50. The molecule has 6 nitrogen and oxygen atoms in total. The predicted molar refractivity (Wildman–Crippen MR) is 129 cm³/mol. The third-order valence-electron chi connectivity index (χ3n) is 6.15. The molecular formula is C27H26FN3O3. The third-order valence-corrected chi connectivity index (χ3v) is 6.15. The normalized spacial score (nSPS) is 15.8. The number of para-hydroxylation sites is 2. The van der Waals surface area contributed by atoms with E-state index in [9.17, 15) is 9.18 Å². The molecule has 0 radical (unpaired) electrons. The Bertz CT molecular complexity index is 1300. The minimum Gasteiger partial charge on any atom is -0.497 e. The lowest BCUT2D eigenvalue weighted by Crippen LogP contribution is -2.24. The Morgan fingerprint density at radius 1 is 1.03 bits per heavy atom. The van der Waals surface area contributed by atoms with E-state index in [1.165, 1.54) is 12.1 Å². The molecule has 7 heteroatoms. The fraction of sp³-hybridized carbons (Fsp3) is 0.259. The number of aromatic nitrogens is 2. The van der Waals surface area contributed by atoms with Crippen molar-refractivity contribution in [1.82, 2.24) is 9.55 Å². The van der Waals surface area contributed by atoms with Gasteiger partial charge in [0.1, 0.15) is 23.1 Å². The van der Waals surface area contributed by atoms with Crippen LogP contribution in [0.4, 0.5) is 10.1 Å². The van der Waals surface area contributed by atoms with Gasteiger partial charge in [0.2, 0.25) is 5.91 Å². The van der Waals surface area contributed by atoms with Crippen LogP contribution < -0.4 is 14.4 Å². The molecule has 0 aliphatic carbocycles. The summed E-state index contributed by atoms with van der Waals surface area (Å²) in [5.41, 5.74) is 2.67. The smallest absolute Gasteiger partial charge is 0.227 e. The third kappa shape index (κ3) is 4.46. The highest BCUT2D eigenvalue weighted by molar-refractivity contribution is 5.96. The maximum atomic E-state index is 13.3. The number of rotatable bonds is 8. The largest absolute Gasteiger partial charge is 0.497 e. The number of halogens is 1. The molecule has 0 saturated carbocycles. The van der Waals surface area contributed by atoms with E-state index in [0.29, 0.717) is 25.3 Å². The average Bonchev–Trinajstić information content (AvgIpc) is 3.43. The van der Waals surface area contributed by atoms with Gasteiger partial charge in [-0.3, -0.25) is 4.79 Å². The molecule has 1 aliphatic heterocycles. The lowest BCUT2D eigenvalue weighted by molar-refractivity contribution is -0.117. The van der Waals surface area contributed by atoms with Crippen molar-refractivity contribution in [2.24, 2.45) is 0 Å². The molecule has 1 atom stereocenters. The Balaban J connectivity index is 1.33. The van der Waals surface area contributed by atoms with Crippen LogP contribution in [-0.4, -0.2) is 35.7 Å². The lowest BCUT2D eigenvalue weighted by Gasteiger charge is -2.17. The summed E-state index contributed by atoms with van der Waals surface area (Å²) in [6.07, 6.45) is 1.16. The van der Waals surface area contributed by atoms with Crippen molar-refractivity contribution >= 4 is 22.6 Å². The van der Waals surface area contributed by atoms with E-state index in [-0.39, 0.29) is 17.6 Å². The molecule has 0 spiro atoms. The summed E-state index contributed by atoms with van der Waals surface area (Å²) in [7, 11) is 1.63. The Morgan fingerprint density at radius 2 is 1.82 bits per heavy atom. The van der Waals surface area contributed by atoms with E-state index in [2.05, 4.69) is 10.6 Å². The van der Waals surface area contributed by atoms with Gasteiger partial charge in [-0.1, -0.05) is 18.2 Å².